The number of likely N-dealkylation sites (tertiary alicyclic amines) is 2. The largest absolute Gasteiger partial charge is 0.481 e. The molecule has 4 fully saturated rings. The third kappa shape index (κ3) is 48.6. The van der Waals surface area contributed by atoms with Gasteiger partial charge in [-0.3, -0.25) is 53.0 Å². The second-order valence-corrected chi connectivity index (χ2v) is 34.1. The lowest BCUT2D eigenvalue weighted by atomic mass is 9.91. The number of aldehydes is 1. The van der Waals surface area contributed by atoms with Crippen LogP contribution in [0.1, 0.15) is 202 Å². The predicted octanol–water partition coefficient (Wildman–Crippen LogP) is 10.4. The number of carboxylic acid groups (broad SMARTS) is 2. The average Bonchev–Trinajstić information content (AvgIpc) is 1.65. The maximum absolute atomic E-state index is 12.1. The first-order valence-corrected chi connectivity index (χ1v) is 40.9. The summed E-state index contributed by atoms with van der Waals surface area (Å²) < 4.78 is 51.2. The topological polar surface area (TPSA) is 478 Å². The Morgan fingerprint density at radius 2 is 1.23 bits per heavy atom. The van der Waals surface area contributed by atoms with E-state index in [1.54, 1.807) is 42.7 Å². The van der Waals surface area contributed by atoms with Crippen LogP contribution in [-0.2, 0) is 92.7 Å². The Kier molecular flexibility index (Phi) is 61.3. The minimum atomic E-state index is -3.13. The molecule has 1 aromatic rings. The van der Waals surface area contributed by atoms with E-state index >= 15 is 0 Å². The van der Waals surface area contributed by atoms with Crippen LogP contribution < -0.4 is 22.1 Å². The number of alkyl halides is 1. The number of esters is 4. The summed E-state index contributed by atoms with van der Waals surface area (Å²) in [5.41, 5.74) is 10.1. The molecular weight excluding hydrogens is 1540 g/mol. The second-order valence-electron chi connectivity index (χ2n) is 31.0. The maximum atomic E-state index is 12.1. The number of carbonyl (C=O) groups is 12. The Labute approximate surface area is 689 Å². The van der Waals surface area contributed by atoms with Crippen molar-refractivity contribution in [2.45, 2.75) is 255 Å². The molecule has 5 heterocycles. The van der Waals surface area contributed by atoms with Gasteiger partial charge < -0.3 is 70.4 Å². The summed E-state index contributed by atoms with van der Waals surface area (Å²) in [5, 5.41) is 38.6. The lowest BCUT2D eigenvalue weighted by molar-refractivity contribution is -0.149. The number of nitrogens with one attached hydrogen (secondary N) is 2. The van der Waals surface area contributed by atoms with Crippen molar-refractivity contribution in [3.63, 3.8) is 0 Å². The molecule has 0 spiro atoms. The number of amides is 2. The van der Waals surface area contributed by atoms with Crippen LogP contribution in [0.25, 0.3) is 0 Å². The molecule has 34 heteroatoms. The molecule has 114 heavy (non-hydrogen) atoms. The fraction of sp³-hybridized carbons (Fsp3) is 0.738. The van der Waals surface area contributed by atoms with Gasteiger partial charge in [0.2, 0.25) is 0 Å². The first kappa shape index (κ1) is 115. The number of thiol groups is 1. The van der Waals surface area contributed by atoms with E-state index in [0.29, 0.717) is 88.5 Å². The number of allylic oxidation sites excluding steroid dienone is 1. The van der Waals surface area contributed by atoms with Crippen molar-refractivity contribution in [1.29, 1.82) is 10.5 Å². The number of methoxy groups -OCH3 is 4. The summed E-state index contributed by atoms with van der Waals surface area (Å²) in [5.74, 6) is -2.01. The van der Waals surface area contributed by atoms with E-state index in [1.165, 1.54) is 46.8 Å². The van der Waals surface area contributed by atoms with Gasteiger partial charge in [-0.25, -0.2) is 18.0 Å². The van der Waals surface area contributed by atoms with Crippen LogP contribution in [-0.4, -0.2) is 218 Å². The summed E-state index contributed by atoms with van der Waals surface area (Å²) >= 11 is 9.89. The van der Waals surface area contributed by atoms with Gasteiger partial charge in [-0.1, -0.05) is 110 Å². The Morgan fingerprint density at radius 1 is 0.719 bits per heavy atom. The molecule has 2 amide bonds. The fourth-order valence-electron chi connectivity index (χ4n) is 10.8. The zero-order valence-electron chi connectivity index (χ0n) is 72.2. The molecule has 0 aliphatic carbocycles. The van der Waals surface area contributed by atoms with E-state index in [9.17, 15) is 66.0 Å². The number of hydrogen-bond acceptors (Lipinski definition) is 28. The molecule has 3 unspecified atom stereocenters. The Bertz CT molecular complexity index is 3270. The molecule has 4 aliphatic rings. The van der Waals surface area contributed by atoms with Gasteiger partial charge in [0.05, 0.1) is 110 Å². The normalized spacial score (nSPS) is 18.8. The number of nitriles is 2. The van der Waals surface area contributed by atoms with Crippen molar-refractivity contribution < 1.29 is 105 Å². The Balaban J connectivity index is -0.000000393. The zero-order valence-corrected chi connectivity index (χ0v) is 74.7. The molecule has 8 N–H and O–H groups in total. The van der Waals surface area contributed by atoms with Crippen LogP contribution >= 0.6 is 24.2 Å². The van der Waals surface area contributed by atoms with Crippen LogP contribution in [0.5, 0.6) is 0 Å². The molecule has 1 aromatic heterocycles. The predicted molar refractivity (Wildman–Crippen MR) is 439 cm³/mol. The van der Waals surface area contributed by atoms with E-state index < -0.39 is 57.0 Å². The molecule has 0 aromatic carbocycles. The highest BCUT2D eigenvalue weighted by atomic mass is 35.5. The van der Waals surface area contributed by atoms with Gasteiger partial charge >= 0.3 is 48.0 Å². The van der Waals surface area contributed by atoms with E-state index in [0.717, 1.165) is 19.3 Å². The number of pyridine rings is 1. The van der Waals surface area contributed by atoms with Gasteiger partial charge in [0.15, 0.2) is 27.2 Å². The van der Waals surface area contributed by atoms with Crippen LogP contribution in [0.4, 0.5) is 9.59 Å². The molecule has 0 saturated carbocycles. The molecule has 4 saturated heterocycles. The summed E-state index contributed by atoms with van der Waals surface area (Å²) in [6, 6.07) is 5.64. The number of unbranched alkanes of at least 4 members (excludes halogenated alkanes) is 1. The average molecular weight is 1680 g/mol. The molecule has 4 aliphatic heterocycles. The number of aromatic nitrogens is 1. The van der Waals surface area contributed by atoms with E-state index in [-0.39, 0.29) is 135 Å². The number of carboxylic acids is 2. The highest BCUT2D eigenvalue weighted by Gasteiger charge is 2.46. The smallest absolute Gasteiger partial charge is 0.410 e. The van der Waals surface area contributed by atoms with Gasteiger partial charge in [-0.2, -0.15) is 23.2 Å². The van der Waals surface area contributed by atoms with E-state index in [2.05, 4.69) is 62.9 Å². The standard InChI is InChI=1S/C13H22ClNO3.C12H21NO3.C11H20O4.C9H15NO3.C9H15NO2.C8H12N2O2S.C7H13NO.C5H11NO2.C3H3N.C3H6O2S/c1-8(2)11-10(14)9(7-16)6-15(11)12(17)18-13(3,4)5;1-8(2)10-9(14)6-7-13(10)11(15)16-12(3,4)5;1-8(2)9(11(13)15-4)6-5-7-10(12)14-3;1-5(2)7-8(11)6(4-10-7)9(12)13-3;1-7(2)8(9(11)12)5-3-4-6-10;1-2-13(11,12)8-4-3-7(5-9)10-6-8;1-5(2)7-6(9)3-4-8-7;1-3(2)4(6)5(7)8;1-2-3-4;1-5-3(4)2-6/h7-11H,6H2,1-5H3;8,10H,6-7H2,1-5H3;8-9H,5-7H2,1-4H3;5-7,10H,4H2,1-3H3;7-8H,3-5H2,1-2H3,(H,11,12);3-4,6H,2,5,9H2,1H3;5,7-8H,3-4H2,1-2H3;3-4H,6H2,1-2H3,(H,7,8);2H,1H2;6H,2H2,1H3/t9?,10?,11-;10-;9-;6?,7-;8-;;7-;4-;;/m00000.00../s1. The minimum absolute atomic E-state index is 0.0208. The van der Waals surface area contributed by atoms with Crippen molar-refractivity contribution in [2.24, 2.45) is 76.6 Å². The number of carbonyl (C=O) groups excluding carboxylic acids is 10. The van der Waals surface area contributed by atoms with Crippen molar-refractivity contribution in [3.8, 4) is 12.1 Å². The van der Waals surface area contributed by atoms with Crippen LogP contribution in [0.3, 0.4) is 0 Å². The number of sulfone groups is 1. The van der Waals surface area contributed by atoms with Gasteiger partial charge in [-0.05, 0) is 121 Å². The fourth-order valence-corrected chi connectivity index (χ4v) is 12.3. The molecule has 10 atom stereocenters. The molecule has 654 valence electrons. The van der Waals surface area contributed by atoms with Gasteiger partial charge in [-0.15, -0.1) is 11.6 Å². The summed E-state index contributed by atoms with van der Waals surface area (Å²) in [7, 11) is 2.26. The molecule has 0 bridgehead atoms. The van der Waals surface area contributed by atoms with Crippen molar-refractivity contribution >= 4 is 106 Å². The number of Topliss-reactive ketones (excluding diaryl/α,β-unsaturated/α-hetero) is 3. The van der Waals surface area contributed by atoms with Crippen LogP contribution in [0.2, 0.25) is 0 Å². The minimum Gasteiger partial charge on any atom is -0.481 e. The zero-order chi connectivity index (χ0) is 89.9. The lowest BCUT2D eigenvalue weighted by Crippen LogP contribution is -2.44. The van der Waals surface area contributed by atoms with Crippen LogP contribution in [0, 0.1) is 87.8 Å². The van der Waals surface area contributed by atoms with Crippen molar-refractivity contribution in [3.05, 3.63) is 36.7 Å². The number of aliphatic carboxylic acids is 2. The Hall–Kier alpha value is -7.66. The monoisotopic (exact) mass is 1680 g/mol. The first-order valence-electron chi connectivity index (χ1n) is 38.2. The number of ketones is 3. The number of halogens is 1. The number of nitrogens with two attached hydrogens (primary N) is 2. The first-order chi connectivity index (χ1) is 52.7. The van der Waals surface area contributed by atoms with Crippen molar-refractivity contribution in [1.82, 2.24) is 25.4 Å². The summed E-state index contributed by atoms with van der Waals surface area (Å²) in [6.07, 6.45) is 7.19. The molecule has 5 rings (SSSR count). The highest BCUT2D eigenvalue weighted by Crippen LogP contribution is 2.33. The summed E-state index contributed by atoms with van der Waals surface area (Å²) in [4.78, 5) is 140. The maximum Gasteiger partial charge on any atom is 0.410 e. The highest BCUT2D eigenvalue weighted by molar-refractivity contribution is 7.91. The van der Waals surface area contributed by atoms with E-state index in [4.69, 9.17) is 58.0 Å². The number of hydrogen-bond donors (Lipinski definition) is 7. The summed E-state index contributed by atoms with van der Waals surface area (Å²) in [6.45, 7) is 45.3. The third-order valence-corrected chi connectivity index (χ3v) is 19.7. The van der Waals surface area contributed by atoms with Gasteiger partial charge in [0.25, 0.3) is 0 Å². The number of ether oxygens (including phenoxy) is 6. The van der Waals surface area contributed by atoms with Gasteiger partial charge in [0, 0.05) is 70.7 Å². The third-order valence-electron chi connectivity index (χ3n) is 17.2. The molecule has 31 nitrogen and oxygen atoms in total. The molecule has 0 radical (unpaired) electrons. The quantitative estimate of drug-likeness (QED) is 0.00782. The SMILES string of the molecule is C=CC#N.CC(C)[C@@H]1NCCC1=O.CC(C)[C@H](CCCC#N)C(=O)O.CC(C)[C@H](N)C(=O)O.CC(C)[C@H]1C(=O)CCN1C(=O)OC(C)(C)C.CC(C)[C@H]1C(Cl)C(C=O)CN1C(=O)OC(C)(C)C.CCS(=O)(=O)c1ccc(CN)nc1.COC(=O)C1CN[C@@H](C(C)C)C1=O.COC(=O)CCC[C@H](C(=O)OC)C(C)C.COC(=O)CS. The molecular formula is C80H138ClN9O22S2. The number of rotatable bonds is 23. The van der Waals surface area contributed by atoms with Gasteiger partial charge in [0.1, 0.15) is 29.4 Å². The lowest BCUT2D eigenvalue weighted by Gasteiger charge is -2.31. The van der Waals surface area contributed by atoms with Crippen molar-refractivity contribution in [2.75, 3.05) is 66.1 Å². The second kappa shape index (κ2) is 60.8. The van der Waals surface area contributed by atoms with E-state index in [1.807, 2.05) is 117 Å². The number of nitrogens with zero attached hydrogens (tertiary/aromatic N) is 5. The van der Waals surface area contributed by atoms with Crippen LogP contribution in [0.15, 0.2) is 35.9 Å². The Morgan fingerprint density at radius 3 is 1.54 bits per heavy atom.